The second-order valence-electron chi connectivity index (χ2n) is 7.90. The highest BCUT2D eigenvalue weighted by molar-refractivity contribution is 7.18. The molecule has 0 aromatic carbocycles. The molecule has 0 aliphatic carbocycles. The van der Waals surface area contributed by atoms with Crippen LogP contribution in [-0.2, 0) is 13.0 Å². The first-order valence-corrected chi connectivity index (χ1v) is 10.4. The van der Waals surface area contributed by atoms with E-state index in [0.29, 0.717) is 16.7 Å². The van der Waals surface area contributed by atoms with E-state index in [0.717, 1.165) is 67.2 Å². The van der Waals surface area contributed by atoms with Gasteiger partial charge in [0.1, 0.15) is 23.2 Å². The summed E-state index contributed by atoms with van der Waals surface area (Å²) in [6, 6.07) is 1.61. The van der Waals surface area contributed by atoms with Gasteiger partial charge in [-0.3, -0.25) is 4.90 Å². The molecular weight excluding hydrogens is 403 g/mol. The van der Waals surface area contributed by atoms with Crippen LogP contribution in [-0.4, -0.2) is 52.4 Å². The third-order valence-corrected chi connectivity index (χ3v) is 6.85. The van der Waals surface area contributed by atoms with Crippen molar-refractivity contribution in [3.05, 3.63) is 35.3 Å². The normalized spacial score (nSPS) is 23.1. The van der Waals surface area contributed by atoms with Crippen LogP contribution in [0.1, 0.15) is 16.9 Å². The number of fused-ring (bicyclic) bond motifs is 2. The number of rotatable bonds is 4. The van der Waals surface area contributed by atoms with Crippen molar-refractivity contribution >= 4 is 27.4 Å². The van der Waals surface area contributed by atoms with Crippen LogP contribution in [0, 0.1) is 11.8 Å². The molecule has 3 aromatic rings. The highest BCUT2D eigenvalue weighted by Crippen LogP contribution is 2.38. The molecule has 0 N–H and O–H groups in total. The summed E-state index contributed by atoms with van der Waals surface area (Å²) in [5.41, 5.74) is 1.08. The van der Waals surface area contributed by atoms with E-state index >= 15 is 0 Å². The number of hydrogen-bond donors (Lipinski definition) is 0. The van der Waals surface area contributed by atoms with E-state index in [2.05, 4.69) is 24.9 Å². The molecule has 154 valence electrons. The van der Waals surface area contributed by atoms with Crippen LogP contribution in [0.15, 0.2) is 29.4 Å². The second-order valence-corrected chi connectivity index (χ2v) is 9.02. The van der Waals surface area contributed by atoms with E-state index in [1.807, 2.05) is 0 Å². The lowest BCUT2D eigenvalue weighted by Gasteiger charge is -2.33. The molecule has 3 aromatic heterocycles. The molecule has 2 fully saturated rings. The molecule has 2 aliphatic rings. The summed E-state index contributed by atoms with van der Waals surface area (Å²) in [5.74, 6) is 1.86. The topological polar surface area (TPSA) is 58.3 Å². The Morgan fingerprint density at radius 2 is 2.03 bits per heavy atom. The highest BCUT2D eigenvalue weighted by atomic mass is 32.1. The molecule has 0 unspecified atom stereocenters. The SMILES string of the molecule is FC(F)(F)Cc1cc2c(N3C[C@H]4CCN(Cc5cnoc5)C[C@H]4C3)ncnc2s1. The fourth-order valence-electron chi connectivity index (χ4n) is 4.55. The van der Waals surface area contributed by atoms with Gasteiger partial charge >= 0.3 is 6.18 Å². The molecule has 2 saturated heterocycles. The molecule has 0 amide bonds. The number of halogens is 3. The number of thiophene rings is 1. The van der Waals surface area contributed by atoms with Crippen LogP contribution >= 0.6 is 11.3 Å². The quantitative estimate of drug-likeness (QED) is 0.637. The smallest absolute Gasteiger partial charge is 0.364 e. The minimum Gasteiger partial charge on any atom is -0.364 e. The average molecular weight is 423 g/mol. The van der Waals surface area contributed by atoms with Crippen LogP contribution in [0.2, 0.25) is 0 Å². The Hall–Kier alpha value is -2.20. The zero-order valence-corrected chi connectivity index (χ0v) is 16.4. The largest absolute Gasteiger partial charge is 0.393 e. The molecular formula is C19H20F3N5OS. The standard InChI is InChI=1S/C19H20F3N5OS/c20-19(21,22)4-15-3-16-17(23-11-24-18(16)29-15)27-8-13-1-2-26(7-14(13)9-27)6-12-5-25-28-10-12/h3,5,10-11,13-14H,1-2,4,6-9H2/t13-,14+/m1/s1. The van der Waals surface area contributed by atoms with Gasteiger partial charge in [0.2, 0.25) is 0 Å². The predicted molar refractivity (Wildman–Crippen MR) is 103 cm³/mol. The third kappa shape index (κ3) is 3.95. The van der Waals surface area contributed by atoms with E-state index in [9.17, 15) is 13.2 Å². The zero-order chi connectivity index (χ0) is 20.0. The maximum atomic E-state index is 12.8. The van der Waals surface area contributed by atoms with Gasteiger partial charge in [0, 0.05) is 36.6 Å². The Morgan fingerprint density at radius 3 is 2.83 bits per heavy atom. The molecule has 5 rings (SSSR count). The summed E-state index contributed by atoms with van der Waals surface area (Å²) in [4.78, 5) is 14.2. The Morgan fingerprint density at radius 1 is 1.17 bits per heavy atom. The van der Waals surface area contributed by atoms with Crippen LogP contribution in [0.5, 0.6) is 0 Å². The molecule has 2 aliphatic heterocycles. The Balaban J connectivity index is 1.33. The maximum Gasteiger partial charge on any atom is 0.393 e. The van der Waals surface area contributed by atoms with E-state index in [-0.39, 0.29) is 4.88 Å². The lowest BCUT2D eigenvalue weighted by atomic mass is 9.88. The van der Waals surface area contributed by atoms with Crippen molar-refractivity contribution in [1.82, 2.24) is 20.0 Å². The molecule has 0 bridgehead atoms. The fraction of sp³-hybridized carbons (Fsp3) is 0.526. The van der Waals surface area contributed by atoms with Gasteiger partial charge in [0.25, 0.3) is 0 Å². The van der Waals surface area contributed by atoms with Crippen LogP contribution in [0.4, 0.5) is 19.0 Å². The van der Waals surface area contributed by atoms with Gasteiger partial charge in [0.05, 0.1) is 18.0 Å². The van der Waals surface area contributed by atoms with Gasteiger partial charge < -0.3 is 9.42 Å². The molecule has 2 atom stereocenters. The van der Waals surface area contributed by atoms with E-state index in [1.54, 1.807) is 18.5 Å². The maximum absolute atomic E-state index is 12.8. The number of alkyl halides is 3. The molecule has 10 heteroatoms. The molecule has 5 heterocycles. The summed E-state index contributed by atoms with van der Waals surface area (Å²) in [7, 11) is 0. The van der Waals surface area contributed by atoms with Gasteiger partial charge in [-0.2, -0.15) is 13.2 Å². The summed E-state index contributed by atoms with van der Waals surface area (Å²) >= 11 is 1.10. The van der Waals surface area contributed by atoms with Crippen LogP contribution in [0.3, 0.4) is 0 Å². The number of aromatic nitrogens is 3. The summed E-state index contributed by atoms with van der Waals surface area (Å²) in [6.07, 6.45) is 0.858. The van der Waals surface area contributed by atoms with Gasteiger partial charge in [-0.25, -0.2) is 9.97 Å². The monoisotopic (exact) mass is 423 g/mol. The van der Waals surface area contributed by atoms with E-state index in [1.165, 1.54) is 6.33 Å². The van der Waals surface area contributed by atoms with E-state index in [4.69, 9.17) is 4.52 Å². The Kier molecular flexibility index (Phi) is 4.70. The number of hydrogen-bond acceptors (Lipinski definition) is 7. The minimum absolute atomic E-state index is 0.283. The van der Waals surface area contributed by atoms with Crippen molar-refractivity contribution < 1.29 is 17.7 Å². The number of nitrogens with zero attached hydrogens (tertiary/aromatic N) is 5. The lowest BCUT2D eigenvalue weighted by Crippen LogP contribution is -2.39. The highest BCUT2D eigenvalue weighted by Gasteiger charge is 2.38. The molecule has 0 spiro atoms. The predicted octanol–water partition coefficient (Wildman–Crippen LogP) is 3.74. The number of likely N-dealkylation sites (tertiary alicyclic amines) is 1. The third-order valence-electron chi connectivity index (χ3n) is 5.81. The van der Waals surface area contributed by atoms with Gasteiger partial charge in [-0.05, 0) is 30.9 Å². The number of piperidine rings is 1. The van der Waals surface area contributed by atoms with Gasteiger partial charge in [0.15, 0.2) is 0 Å². The fourth-order valence-corrected chi connectivity index (χ4v) is 5.57. The summed E-state index contributed by atoms with van der Waals surface area (Å²) in [6.45, 7) is 4.59. The van der Waals surface area contributed by atoms with E-state index < -0.39 is 12.6 Å². The van der Waals surface area contributed by atoms with Crippen LogP contribution < -0.4 is 4.90 Å². The van der Waals surface area contributed by atoms with Crippen LogP contribution in [0.25, 0.3) is 10.2 Å². The average Bonchev–Trinajstić information content (AvgIpc) is 3.38. The van der Waals surface area contributed by atoms with Crippen molar-refractivity contribution in [3.8, 4) is 0 Å². The first-order chi connectivity index (χ1) is 13.9. The second kappa shape index (κ2) is 7.24. The molecule has 29 heavy (non-hydrogen) atoms. The zero-order valence-electron chi connectivity index (χ0n) is 15.6. The van der Waals surface area contributed by atoms with Crippen molar-refractivity contribution in [3.63, 3.8) is 0 Å². The molecule has 0 radical (unpaired) electrons. The lowest BCUT2D eigenvalue weighted by molar-refractivity contribution is -0.126. The number of anilines is 1. The summed E-state index contributed by atoms with van der Waals surface area (Å²) in [5, 5.41) is 4.50. The first kappa shape index (κ1) is 18.8. The van der Waals surface area contributed by atoms with Crippen molar-refractivity contribution in [2.75, 3.05) is 31.1 Å². The Labute approximate surface area is 169 Å². The summed E-state index contributed by atoms with van der Waals surface area (Å²) < 4.78 is 43.3. The van der Waals surface area contributed by atoms with Gasteiger partial charge in [-0.1, -0.05) is 5.16 Å². The van der Waals surface area contributed by atoms with Gasteiger partial charge in [-0.15, -0.1) is 11.3 Å². The van der Waals surface area contributed by atoms with Crippen molar-refractivity contribution in [2.45, 2.75) is 25.6 Å². The first-order valence-electron chi connectivity index (χ1n) is 9.60. The van der Waals surface area contributed by atoms with Crippen molar-refractivity contribution in [1.29, 1.82) is 0 Å². The Bertz CT molecular complexity index is 990. The minimum atomic E-state index is -4.22. The molecule has 0 saturated carbocycles. The molecule has 6 nitrogen and oxygen atoms in total. The van der Waals surface area contributed by atoms with Crippen molar-refractivity contribution in [2.24, 2.45) is 11.8 Å².